The molecule has 146 valence electrons. The summed E-state index contributed by atoms with van der Waals surface area (Å²) in [7, 11) is 0. The van der Waals surface area contributed by atoms with E-state index in [1.807, 2.05) is 17.9 Å². The molecule has 5 rings (SSSR count). The van der Waals surface area contributed by atoms with Crippen molar-refractivity contribution >= 4 is 34.4 Å². The number of rotatable bonds is 4. The summed E-state index contributed by atoms with van der Waals surface area (Å²) in [5.74, 6) is 0.373. The summed E-state index contributed by atoms with van der Waals surface area (Å²) < 4.78 is 5.71. The van der Waals surface area contributed by atoms with Crippen LogP contribution in [0.25, 0.3) is 22.5 Å². The fourth-order valence-corrected chi connectivity index (χ4v) is 4.10. The zero-order chi connectivity index (χ0) is 19.3. The number of piperidine rings is 1. The average Bonchev–Trinajstić information content (AvgIpc) is 3.10. The second kappa shape index (κ2) is 6.48. The minimum absolute atomic E-state index is 0.0666. The Morgan fingerprint density at radius 3 is 2.82 bits per heavy atom. The van der Waals surface area contributed by atoms with Crippen LogP contribution in [0.4, 0.5) is 6.01 Å². The summed E-state index contributed by atoms with van der Waals surface area (Å²) >= 11 is 6.00. The first-order valence-corrected chi connectivity index (χ1v) is 9.94. The van der Waals surface area contributed by atoms with E-state index in [1.165, 1.54) is 12.8 Å². The van der Waals surface area contributed by atoms with E-state index in [2.05, 4.69) is 25.7 Å². The van der Waals surface area contributed by atoms with Gasteiger partial charge in [0.05, 0.1) is 5.52 Å². The van der Waals surface area contributed by atoms with E-state index < -0.39 is 6.04 Å². The van der Waals surface area contributed by atoms with E-state index in [1.54, 1.807) is 12.1 Å². The van der Waals surface area contributed by atoms with E-state index in [0.717, 1.165) is 36.8 Å². The monoisotopic (exact) mass is 400 g/mol. The van der Waals surface area contributed by atoms with Crippen molar-refractivity contribution in [3.8, 4) is 11.6 Å². The highest BCUT2D eigenvalue weighted by atomic mass is 35.5. The first kappa shape index (κ1) is 17.5. The van der Waals surface area contributed by atoms with Gasteiger partial charge in [-0.1, -0.05) is 16.7 Å². The Morgan fingerprint density at radius 1 is 1.29 bits per heavy atom. The fraction of sp³-hybridized carbons (Fsp3) is 0.474. The zero-order valence-electron chi connectivity index (χ0n) is 15.5. The lowest BCUT2D eigenvalue weighted by Gasteiger charge is -2.33. The van der Waals surface area contributed by atoms with Gasteiger partial charge in [0.2, 0.25) is 5.91 Å². The van der Waals surface area contributed by atoms with Gasteiger partial charge in [0, 0.05) is 23.5 Å². The van der Waals surface area contributed by atoms with Crippen molar-refractivity contribution < 1.29 is 9.21 Å². The molecule has 8 nitrogen and oxygen atoms in total. The topological polar surface area (TPSA) is 99.9 Å². The van der Waals surface area contributed by atoms with Gasteiger partial charge in [0.1, 0.15) is 11.7 Å². The summed E-state index contributed by atoms with van der Waals surface area (Å²) in [5.41, 5.74) is 1.89. The number of benzene rings is 1. The minimum atomic E-state index is -0.432. The molecule has 2 N–H and O–H groups in total. The highest BCUT2D eigenvalue weighted by Crippen LogP contribution is 2.53. The van der Waals surface area contributed by atoms with Crippen LogP contribution in [0.1, 0.15) is 32.6 Å². The number of halogens is 1. The molecule has 0 bridgehead atoms. The van der Waals surface area contributed by atoms with Crippen LogP contribution >= 0.6 is 11.6 Å². The van der Waals surface area contributed by atoms with E-state index in [4.69, 9.17) is 16.0 Å². The molecular weight excluding hydrogens is 380 g/mol. The van der Waals surface area contributed by atoms with Crippen LogP contribution in [0.3, 0.4) is 0 Å². The summed E-state index contributed by atoms with van der Waals surface area (Å²) in [5, 5.41) is 19.7. The Morgan fingerprint density at radius 2 is 2.07 bits per heavy atom. The van der Waals surface area contributed by atoms with Gasteiger partial charge in [-0.3, -0.25) is 9.89 Å². The van der Waals surface area contributed by atoms with Crippen LogP contribution in [0, 0.1) is 5.41 Å². The van der Waals surface area contributed by atoms with Gasteiger partial charge in [-0.05, 0) is 56.2 Å². The third-order valence-corrected chi connectivity index (χ3v) is 6.19. The number of nitrogens with zero attached hydrogens (tertiary/aromatic N) is 4. The number of aromatic amines is 1. The van der Waals surface area contributed by atoms with E-state index in [0.29, 0.717) is 22.0 Å². The normalized spacial score (nSPS) is 19.1. The second-order valence-corrected chi connectivity index (χ2v) is 8.30. The molecule has 0 unspecified atom stereocenters. The van der Waals surface area contributed by atoms with Crippen molar-refractivity contribution in [1.29, 1.82) is 0 Å². The molecule has 3 heterocycles. The first-order chi connectivity index (χ1) is 13.5. The van der Waals surface area contributed by atoms with Gasteiger partial charge in [0.25, 0.3) is 5.89 Å². The van der Waals surface area contributed by atoms with Crippen molar-refractivity contribution in [2.24, 2.45) is 5.41 Å². The van der Waals surface area contributed by atoms with Gasteiger partial charge < -0.3 is 14.6 Å². The molecule has 1 aromatic carbocycles. The summed E-state index contributed by atoms with van der Waals surface area (Å²) in [4.78, 5) is 14.7. The van der Waals surface area contributed by atoms with Crippen molar-refractivity contribution in [3.63, 3.8) is 0 Å². The van der Waals surface area contributed by atoms with E-state index >= 15 is 0 Å². The van der Waals surface area contributed by atoms with Crippen LogP contribution < -0.4 is 5.32 Å². The standard InChI is InChI=1S/C19H21ClN6O2/c1-11(17(27)26-8-6-19(4-5-19)7-9-26)21-18-25-24-16(28-18)15-13-3-2-12(20)10-14(13)22-23-15/h2-3,10-11H,4-9H2,1H3,(H,21,25)(H,22,23)/t11-/m1/s1. The number of carbonyl (C=O) groups excluding carboxylic acids is 1. The van der Waals surface area contributed by atoms with Crippen LogP contribution in [0.5, 0.6) is 0 Å². The molecule has 2 fully saturated rings. The predicted octanol–water partition coefficient (Wildman–Crippen LogP) is 3.47. The maximum absolute atomic E-state index is 12.7. The third kappa shape index (κ3) is 3.11. The lowest BCUT2D eigenvalue weighted by atomic mass is 9.93. The lowest BCUT2D eigenvalue weighted by Crippen LogP contribution is -2.45. The second-order valence-electron chi connectivity index (χ2n) is 7.86. The number of nitrogens with one attached hydrogen (secondary N) is 2. The Hall–Kier alpha value is -2.61. The molecule has 1 saturated carbocycles. The van der Waals surface area contributed by atoms with Crippen LogP contribution in [-0.4, -0.2) is 50.3 Å². The molecule has 1 saturated heterocycles. The molecule has 1 spiro atoms. The number of anilines is 1. The molecule has 2 aliphatic rings. The molecular formula is C19H21ClN6O2. The van der Waals surface area contributed by atoms with Crippen molar-refractivity contribution in [3.05, 3.63) is 23.2 Å². The van der Waals surface area contributed by atoms with E-state index in [9.17, 15) is 4.79 Å². The van der Waals surface area contributed by atoms with Gasteiger partial charge in [0.15, 0.2) is 0 Å². The minimum Gasteiger partial charge on any atom is -0.402 e. The molecule has 1 aliphatic carbocycles. The van der Waals surface area contributed by atoms with Gasteiger partial charge in [-0.15, -0.1) is 5.10 Å². The number of likely N-dealkylation sites (tertiary alicyclic amines) is 1. The number of carbonyl (C=O) groups is 1. The Labute approximate surface area is 166 Å². The number of hydrogen-bond donors (Lipinski definition) is 2. The van der Waals surface area contributed by atoms with Crippen LogP contribution in [0.2, 0.25) is 5.02 Å². The van der Waals surface area contributed by atoms with Crippen LogP contribution in [0.15, 0.2) is 22.6 Å². The molecule has 3 aromatic rings. The SMILES string of the molecule is C[C@@H](Nc1nnc(-c2[nH]nc3cc(Cl)ccc23)o1)C(=O)N1CCC2(CC1)CC2. The quantitative estimate of drug-likeness (QED) is 0.695. The van der Waals surface area contributed by atoms with Gasteiger partial charge in [-0.2, -0.15) is 5.10 Å². The summed E-state index contributed by atoms with van der Waals surface area (Å²) in [6.07, 6.45) is 4.88. The van der Waals surface area contributed by atoms with Gasteiger partial charge >= 0.3 is 6.01 Å². The highest BCUT2D eigenvalue weighted by Gasteiger charge is 2.45. The molecule has 1 aliphatic heterocycles. The Balaban J connectivity index is 1.27. The first-order valence-electron chi connectivity index (χ1n) is 9.56. The smallest absolute Gasteiger partial charge is 0.316 e. The van der Waals surface area contributed by atoms with Crippen molar-refractivity contribution in [1.82, 2.24) is 25.3 Å². The number of amides is 1. The molecule has 2 aromatic heterocycles. The van der Waals surface area contributed by atoms with E-state index in [-0.39, 0.29) is 11.9 Å². The number of hydrogen-bond acceptors (Lipinski definition) is 6. The fourth-order valence-electron chi connectivity index (χ4n) is 3.93. The maximum Gasteiger partial charge on any atom is 0.316 e. The van der Waals surface area contributed by atoms with Crippen molar-refractivity contribution in [2.75, 3.05) is 18.4 Å². The molecule has 0 radical (unpaired) electrons. The zero-order valence-corrected chi connectivity index (χ0v) is 16.3. The average molecular weight is 401 g/mol. The van der Waals surface area contributed by atoms with Crippen LogP contribution in [-0.2, 0) is 4.79 Å². The summed E-state index contributed by atoms with van der Waals surface area (Å²) in [6.45, 7) is 3.49. The molecule has 1 atom stereocenters. The Kier molecular flexibility index (Phi) is 4.04. The molecule has 1 amide bonds. The highest BCUT2D eigenvalue weighted by molar-refractivity contribution is 6.31. The molecule has 9 heteroatoms. The van der Waals surface area contributed by atoms with Gasteiger partial charge in [-0.25, -0.2) is 0 Å². The predicted molar refractivity (Wildman–Crippen MR) is 105 cm³/mol. The largest absolute Gasteiger partial charge is 0.402 e. The third-order valence-electron chi connectivity index (χ3n) is 5.96. The summed E-state index contributed by atoms with van der Waals surface area (Å²) in [6, 6.07) is 5.17. The maximum atomic E-state index is 12.7. The lowest BCUT2D eigenvalue weighted by molar-refractivity contribution is -0.133. The number of fused-ring (bicyclic) bond motifs is 1. The number of H-pyrrole nitrogens is 1. The molecule has 28 heavy (non-hydrogen) atoms. The Bertz CT molecular complexity index is 1030. The number of aromatic nitrogens is 4. The van der Waals surface area contributed by atoms with Crippen molar-refractivity contribution in [2.45, 2.75) is 38.6 Å².